The summed E-state index contributed by atoms with van der Waals surface area (Å²) in [5.41, 5.74) is 6.91. The van der Waals surface area contributed by atoms with Crippen LogP contribution in [0.1, 0.15) is 0 Å². The predicted octanol–water partition coefficient (Wildman–Crippen LogP) is 4.07. The van der Waals surface area contributed by atoms with Crippen molar-refractivity contribution in [1.82, 2.24) is 18.8 Å². The number of anilines is 2. The number of aromatic nitrogens is 4. The first-order valence-corrected chi connectivity index (χ1v) is 11.4. The van der Waals surface area contributed by atoms with E-state index in [9.17, 15) is 0 Å². The molecule has 0 N–H and O–H groups in total. The average molecular weight is 432 g/mol. The van der Waals surface area contributed by atoms with Crippen LogP contribution in [0.5, 0.6) is 0 Å². The van der Waals surface area contributed by atoms with Gasteiger partial charge in [-0.2, -0.15) is 0 Å². The van der Waals surface area contributed by atoms with Crippen molar-refractivity contribution in [1.29, 1.82) is 0 Å². The summed E-state index contributed by atoms with van der Waals surface area (Å²) in [4.78, 5) is 13.9. The van der Waals surface area contributed by atoms with Crippen molar-refractivity contribution in [2.45, 2.75) is 0 Å². The summed E-state index contributed by atoms with van der Waals surface area (Å²) in [7, 11) is 4.13. The molecular weight excluding hydrogens is 407 g/mol. The Balaban J connectivity index is 1.30. The van der Waals surface area contributed by atoms with E-state index in [0.717, 1.165) is 37.5 Å². The van der Waals surface area contributed by atoms with Gasteiger partial charge in [0.25, 0.3) is 0 Å². The van der Waals surface area contributed by atoms with Crippen LogP contribution in [0.2, 0.25) is 0 Å². The monoisotopic (exact) mass is 432 g/mol. The van der Waals surface area contributed by atoms with Crippen molar-refractivity contribution in [3.8, 4) is 22.4 Å². The number of hydrogen-bond donors (Lipinski definition) is 0. The van der Waals surface area contributed by atoms with Gasteiger partial charge >= 0.3 is 154 Å². The zero-order valence-corrected chi connectivity index (χ0v) is 18.7. The second kappa shape index (κ2) is 8.24. The third-order valence-electron chi connectivity index (χ3n) is 6.47. The van der Waals surface area contributed by atoms with Gasteiger partial charge in [0.2, 0.25) is 0 Å². The first-order chi connectivity index (χ1) is 16.3. The Morgan fingerprint density at radius 1 is 0.788 bits per heavy atom. The molecule has 0 radical (unpaired) electrons. The number of nitrogens with zero attached hydrogens (tertiary/aromatic N) is 6. The molecule has 0 aliphatic carbocycles. The van der Waals surface area contributed by atoms with Gasteiger partial charge in [0.15, 0.2) is 0 Å². The van der Waals surface area contributed by atoms with E-state index >= 15 is 0 Å². The van der Waals surface area contributed by atoms with Crippen molar-refractivity contribution in [3.05, 3.63) is 85.3 Å². The van der Waals surface area contributed by atoms with E-state index in [1.165, 1.54) is 28.2 Å². The Morgan fingerprint density at radius 3 is 2.30 bits per heavy atom. The molecule has 0 atom stereocenters. The van der Waals surface area contributed by atoms with Crippen LogP contribution in [-0.2, 0) is 7.05 Å². The zero-order chi connectivity index (χ0) is 22.2. The molecule has 162 valence electrons. The third kappa shape index (κ3) is 3.69. The number of benzene rings is 1. The van der Waals surface area contributed by atoms with Crippen molar-refractivity contribution in [3.63, 3.8) is 0 Å². The van der Waals surface area contributed by atoms with Crippen LogP contribution in [0.3, 0.4) is 0 Å². The summed E-state index contributed by atoms with van der Waals surface area (Å²) >= 11 is 0. The van der Waals surface area contributed by atoms with Gasteiger partial charge in [-0.05, 0) is 12.1 Å². The standard InChI is InChI=1S/C26H25BN6/c1-30-19-22(16-27-30)20-7-9-21(10-8-20)24-18-29-25-5-2-6-26(33(24)25)32-14-12-31(13-15-32)23-4-3-11-28-17-23/h2-11,16-19H,12-15H2,1H3. The summed E-state index contributed by atoms with van der Waals surface area (Å²) in [6.07, 6.45) is 7.91. The maximum absolute atomic E-state index is 4.71. The first kappa shape index (κ1) is 19.8. The minimum atomic E-state index is 0.957. The molecule has 1 aliphatic rings. The van der Waals surface area contributed by atoms with Crippen LogP contribution >= 0.6 is 0 Å². The van der Waals surface area contributed by atoms with Crippen LogP contribution < -0.4 is 9.80 Å². The Bertz CT molecular complexity index is 1380. The molecule has 0 amide bonds. The molecule has 7 heteroatoms. The van der Waals surface area contributed by atoms with Crippen LogP contribution in [-0.4, -0.2) is 52.1 Å². The van der Waals surface area contributed by atoms with Crippen molar-refractivity contribution in [2.24, 2.45) is 7.05 Å². The average Bonchev–Trinajstić information content (AvgIpc) is 3.51. The summed E-state index contributed by atoms with van der Waals surface area (Å²) in [5.74, 6) is 3.34. The SMILES string of the molecule is Cn1bcc(-c2ccc(-c3cnc4cccc(N5CCN(c6cccnc6)CC5)n34)cc2)c1. The fourth-order valence-corrected chi connectivity index (χ4v) is 4.71. The molecular formula is C26H25BN6. The molecule has 5 heterocycles. The number of pyridine rings is 2. The molecule has 1 aliphatic heterocycles. The number of piperazine rings is 1. The van der Waals surface area contributed by atoms with E-state index in [1.54, 1.807) is 0 Å². The Morgan fingerprint density at radius 2 is 1.58 bits per heavy atom. The number of fused-ring (bicyclic) bond motifs is 1. The number of rotatable bonds is 4. The van der Waals surface area contributed by atoms with E-state index in [-0.39, 0.29) is 0 Å². The molecule has 5 aromatic rings. The van der Waals surface area contributed by atoms with E-state index in [0.29, 0.717) is 0 Å². The topological polar surface area (TPSA) is 41.6 Å². The van der Waals surface area contributed by atoms with Gasteiger partial charge in [0.05, 0.1) is 11.9 Å². The number of hydrogen-bond acceptors (Lipinski definition) is 4. The van der Waals surface area contributed by atoms with Crippen LogP contribution in [0, 0.1) is 0 Å². The quantitative estimate of drug-likeness (QED) is 0.430. The van der Waals surface area contributed by atoms with E-state index in [1.807, 2.05) is 31.7 Å². The molecule has 0 bridgehead atoms. The molecule has 0 unspecified atom stereocenters. The van der Waals surface area contributed by atoms with Gasteiger partial charge in [-0.3, -0.25) is 4.98 Å². The summed E-state index contributed by atoms with van der Waals surface area (Å²) in [6.45, 7) is 3.85. The minimum absolute atomic E-state index is 0.957. The second-order valence-corrected chi connectivity index (χ2v) is 8.55. The molecule has 0 spiro atoms. The van der Waals surface area contributed by atoms with Crippen LogP contribution in [0.4, 0.5) is 11.5 Å². The van der Waals surface area contributed by atoms with E-state index in [4.69, 9.17) is 4.98 Å². The molecule has 1 aromatic carbocycles. The van der Waals surface area contributed by atoms with Gasteiger partial charge in [0, 0.05) is 6.20 Å². The molecule has 6 rings (SSSR count). The Hall–Kier alpha value is -3.87. The summed E-state index contributed by atoms with van der Waals surface area (Å²) in [6, 6.07) is 19.3. The van der Waals surface area contributed by atoms with Gasteiger partial charge in [0.1, 0.15) is 0 Å². The predicted molar refractivity (Wildman–Crippen MR) is 135 cm³/mol. The van der Waals surface area contributed by atoms with E-state index < -0.39 is 0 Å². The molecule has 0 saturated carbocycles. The number of aryl methyl sites for hydroxylation is 1. The van der Waals surface area contributed by atoms with Gasteiger partial charge in [-0.15, -0.1) is 0 Å². The maximum atomic E-state index is 4.71. The van der Waals surface area contributed by atoms with Gasteiger partial charge in [-0.1, -0.05) is 0 Å². The summed E-state index contributed by atoms with van der Waals surface area (Å²) in [5, 5.41) is 0. The van der Waals surface area contributed by atoms with Gasteiger partial charge < -0.3 is 4.90 Å². The Labute approximate surface area is 194 Å². The van der Waals surface area contributed by atoms with Crippen molar-refractivity contribution < 1.29 is 0 Å². The van der Waals surface area contributed by atoms with Gasteiger partial charge in [-0.25, -0.2) is 0 Å². The third-order valence-corrected chi connectivity index (χ3v) is 6.47. The molecule has 4 aromatic heterocycles. The summed E-state index contributed by atoms with van der Waals surface area (Å²) < 4.78 is 4.37. The fourth-order valence-electron chi connectivity index (χ4n) is 4.71. The Kier molecular flexibility index (Phi) is 4.94. The molecule has 1 fully saturated rings. The second-order valence-electron chi connectivity index (χ2n) is 8.55. The van der Waals surface area contributed by atoms with Crippen molar-refractivity contribution >= 4 is 24.2 Å². The molecule has 33 heavy (non-hydrogen) atoms. The molecule has 6 nitrogen and oxygen atoms in total. The zero-order valence-electron chi connectivity index (χ0n) is 18.7. The normalized spacial score (nSPS) is 14.1. The van der Waals surface area contributed by atoms with Crippen LogP contribution in [0.15, 0.2) is 85.3 Å². The number of imidazole rings is 1. The van der Waals surface area contributed by atoms with Crippen LogP contribution in [0.25, 0.3) is 28.0 Å². The van der Waals surface area contributed by atoms with E-state index in [2.05, 4.69) is 91.4 Å². The first-order valence-electron chi connectivity index (χ1n) is 11.4. The molecule has 1 saturated heterocycles. The van der Waals surface area contributed by atoms with Crippen molar-refractivity contribution in [2.75, 3.05) is 36.0 Å². The fraction of sp³-hybridized carbons (Fsp3) is 0.192.